The van der Waals surface area contributed by atoms with E-state index in [2.05, 4.69) is 4.90 Å². The summed E-state index contributed by atoms with van der Waals surface area (Å²) < 4.78 is 16.3. The highest BCUT2D eigenvalue weighted by molar-refractivity contribution is 5.59. The number of non-ortho nitro benzene ring substituents is 1. The van der Waals surface area contributed by atoms with Gasteiger partial charge in [-0.05, 0) is 6.07 Å². The van der Waals surface area contributed by atoms with E-state index in [1.807, 2.05) is 0 Å². The summed E-state index contributed by atoms with van der Waals surface area (Å²) in [4.78, 5) is 12.7. The molecular formula is C13H16N2O5. The van der Waals surface area contributed by atoms with Crippen LogP contribution in [0.4, 0.5) is 11.4 Å². The molecule has 0 atom stereocenters. The molecule has 0 spiro atoms. The number of nitro benzene ring substituents is 1. The van der Waals surface area contributed by atoms with Crippen LogP contribution in [0.3, 0.4) is 0 Å². The maximum atomic E-state index is 10.9. The van der Waals surface area contributed by atoms with Crippen molar-refractivity contribution in [2.45, 2.75) is 6.29 Å². The summed E-state index contributed by atoms with van der Waals surface area (Å²) in [5.74, 6) is 0. The molecule has 2 saturated heterocycles. The second-order valence-corrected chi connectivity index (χ2v) is 4.67. The summed E-state index contributed by atoms with van der Waals surface area (Å²) in [6.45, 7) is 3.85. The zero-order chi connectivity index (χ0) is 13.9. The Morgan fingerprint density at radius 2 is 1.85 bits per heavy atom. The summed E-state index contributed by atoms with van der Waals surface area (Å²) in [5.41, 5.74) is 1.69. The molecule has 0 aromatic heterocycles. The van der Waals surface area contributed by atoms with Gasteiger partial charge in [-0.2, -0.15) is 0 Å². The Morgan fingerprint density at radius 3 is 2.50 bits per heavy atom. The van der Waals surface area contributed by atoms with Crippen molar-refractivity contribution >= 4 is 11.4 Å². The van der Waals surface area contributed by atoms with Crippen LogP contribution in [-0.4, -0.2) is 44.4 Å². The number of anilines is 1. The van der Waals surface area contributed by atoms with Crippen molar-refractivity contribution in [2.24, 2.45) is 0 Å². The van der Waals surface area contributed by atoms with Gasteiger partial charge in [-0.25, -0.2) is 0 Å². The van der Waals surface area contributed by atoms with Crippen LogP contribution in [0.1, 0.15) is 11.9 Å². The molecule has 3 rings (SSSR count). The number of hydrogen-bond donors (Lipinski definition) is 0. The van der Waals surface area contributed by atoms with E-state index < -0.39 is 11.2 Å². The Hall–Kier alpha value is -1.70. The van der Waals surface area contributed by atoms with E-state index in [-0.39, 0.29) is 5.69 Å². The summed E-state index contributed by atoms with van der Waals surface area (Å²) in [7, 11) is 0. The summed E-state index contributed by atoms with van der Waals surface area (Å²) >= 11 is 0. The number of hydrogen-bond acceptors (Lipinski definition) is 6. The van der Waals surface area contributed by atoms with Crippen LogP contribution in [0.25, 0.3) is 0 Å². The second kappa shape index (κ2) is 5.74. The number of nitro groups is 1. The second-order valence-electron chi connectivity index (χ2n) is 4.67. The molecule has 7 heteroatoms. The molecule has 0 aliphatic carbocycles. The molecule has 108 valence electrons. The van der Waals surface area contributed by atoms with Gasteiger partial charge in [0.15, 0.2) is 6.29 Å². The van der Waals surface area contributed by atoms with Gasteiger partial charge in [0.25, 0.3) is 5.69 Å². The lowest BCUT2D eigenvalue weighted by Crippen LogP contribution is -2.37. The largest absolute Gasteiger partial charge is 0.378 e. The summed E-state index contributed by atoms with van der Waals surface area (Å²) in [6, 6.07) is 4.83. The lowest BCUT2D eigenvalue weighted by Gasteiger charge is -2.31. The molecule has 2 aliphatic rings. The quantitative estimate of drug-likeness (QED) is 0.616. The normalized spacial score (nSPS) is 20.3. The molecule has 1 aromatic rings. The van der Waals surface area contributed by atoms with Gasteiger partial charge in [-0.1, -0.05) is 0 Å². The fraction of sp³-hybridized carbons (Fsp3) is 0.538. The van der Waals surface area contributed by atoms with Crippen LogP contribution in [0.5, 0.6) is 0 Å². The van der Waals surface area contributed by atoms with Crippen molar-refractivity contribution in [3.05, 3.63) is 33.9 Å². The number of rotatable bonds is 3. The molecule has 0 unspecified atom stereocenters. The van der Waals surface area contributed by atoms with E-state index in [1.165, 1.54) is 6.07 Å². The highest BCUT2D eigenvalue weighted by atomic mass is 16.7. The van der Waals surface area contributed by atoms with Crippen LogP contribution in [0.2, 0.25) is 0 Å². The standard InChI is InChI=1S/C13H16N2O5/c16-15(17)10-1-2-12(14-3-5-18-6-4-14)11(9-10)13-19-7-8-20-13/h1-2,9,13H,3-8H2. The Balaban J connectivity index is 1.96. The van der Waals surface area contributed by atoms with Gasteiger partial charge >= 0.3 is 0 Å². The third-order valence-electron chi connectivity index (χ3n) is 3.45. The number of benzene rings is 1. The zero-order valence-corrected chi connectivity index (χ0v) is 11.0. The van der Waals surface area contributed by atoms with Crippen molar-refractivity contribution in [1.82, 2.24) is 0 Å². The van der Waals surface area contributed by atoms with E-state index in [4.69, 9.17) is 14.2 Å². The molecule has 0 radical (unpaired) electrons. The molecule has 0 bridgehead atoms. The Kier molecular flexibility index (Phi) is 3.81. The first kappa shape index (κ1) is 13.3. The maximum absolute atomic E-state index is 10.9. The first-order chi connectivity index (χ1) is 9.75. The molecule has 7 nitrogen and oxygen atoms in total. The zero-order valence-electron chi connectivity index (χ0n) is 11.0. The minimum absolute atomic E-state index is 0.0520. The van der Waals surface area contributed by atoms with E-state index in [9.17, 15) is 10.1 Å². The maximum Gasteiger partial charge on any atom is 0.270 e. The van der Waals surface area contributed by atoms with Gasteiger partial charge in [0.05, 0.1) is 31.4 Å². The fourth-order valence-corrected chi connectivity index (χ4v) is 2.47. The van der Waals surface area contributed by atoms with Gasteiger partial charge < -0.3 is 19.1 Å². The van der Waals surface area contributed by atoms with Crippen LogP contribution >= 0.6 is 0 Å². The van der Waals surface area contributed by atoms with Crippen molar-refractivity contribution in [2.75, 3.05) is 44.4 Å². The molecule has 20 heavy (non-hydrogen) atoms. The lowest BCUT2D eigenvalue weighted by molar-refractivity contribution is -0.385. The smallest absolute Gasteiger partial charge is 0.270 e. The van der Waals surface area contributed by atoms with Crippen molar-refractivity contribution < 1.29 is 19.1 Å². The first-order valence-electron chi connectivity index (χ1n) is 6.60. The van der Waals surface area contributed by atoms with Gasteiger partial charge in [0.1, 0.15) is 0 Å². The number of nitrogens with zero attached hydrogens (tertiary/aromatic N) is 2. The van der Waals surface area contributed by atoms with Crippen LogP contribution in [0, 0.1) is 10.1 Å². The summed E-state index contributed by atoms with van der Waals surface area (Å²) in [6.07, 6.45) is -0.521. The van der Waals surface area contributed by atoms with Crippen molar-refractivity contribution in [3.8, 4) is 0 Å². The predicted octanol–water partition coefficient (Wildman–Crippen LogP) is 1.48. The molecule has 0 saturated carbocycles. The number of ether oxygens (including phenoxy) is 3. The van der Waals surface area contributed by atoms with Gasteiger partial charge in [0, 0.05) is 36.5 Å². The minimum Gasteiger partial charge on any atom is -0.378 e. The minimum atomic E-state index is -0.521. The predicted molar refractivity (Wildman–Crippen MR) is 70.8 cm³/mol. The van der Waals surface area contributed by atoms with Gasteiger partial charge in [-0.3, -0.25) is 10.1 Å². The molecule has 2 aliphatic heterocycles. The van der Waals surface area contributed by atoms with E-state index in [1.54, 1.807) is 12.1 Å². The first-order valence-corrected chi connectivity index (χ1v) is 6.60. The summed E-state index contributed by atoms with van der Waals surface area (Å²) in [5, 5.41) is 10.9. The molecule has 2 heterocycles. The fourth-order valence-electron chi connectivity index (χ4n) is 2.47. The van der Waals surface area contributed by atoms with Crippen molar-refractivity contribution in [1.29, 1.82) is 0 Å². The van der Waals surface area contributed by atoms with E-state index in [0.29, 0.717) is 26.4 Å². The Morgan fingerprint density at radius 1 is 1.15 bits per heavy atom. The molecule has 0 amide bonds. The average Bonchev–Trinajstić information content (AvgIpc) is 3.01. The lowest BCUT2D eigenvalue weighted by atomic mass is 10.1. The Labute approximate surface area is 116 Å². The van der Waals surface area contributed by atoms with E-state index in [0.717, 1.165) is 24.3 Å². The monoisotopic (exact) mass is 280 g/mol. The third kappa shape index (κ3) is 2.60. The van der Waals surface area contributed by atoms with Crippen LogP contribution in [-0.2, 0) is 14.2 Å². The average molecular weight is 280 g/mol. The third-order valence-corrected chi connectivity index (χ3v) is 3.45. The molecular weight excluding hydrogens is 264 g/mol. The molecule has 1 aromatic carbocycles. The van der Waals surface area contributed by atoms with Crippen LogP contribution < -0.4 is 4.90 Å². The van der Waals surface area contributed by atoms with E-state index >= 15 is 0 Å². The number of morpholine rings is 1. The Bertz CT molecular complexity index is 496. The highest BCUT2D eigenvalue weighted by Crippen LogP contribution is 2.35. The van der Waals surface area contributed by atoms with Gasteiger partial charge in [0.2, 0.25) is 0 Å². The highest BCUT2D eigenvalue weighted by Gasteiger charge is 2.26. The van der Waals surface area contributed by atoms with Gasteiger partial charge in [-0.15, -0.1) is 0 Å². The topological polar surface area (TPSA) is 74.1 Å². The molecule has 0 N–H and O–H groups in total. The SMILES string of the molecule is O=[N+]([O-])c1ccc(N2CCOCC2)c(C2OCCO2)c1. The van der Waals surface area contributed by atoms with Crippen molar-refractivity contribution in [3.63, 3.8) is 0 Å². The molecule has 2 fully saturated rings. The van der Waals surface area contributed by atoms with Crippen LogP contribution in [0.15, 0.2) is 18.2 Å².